The number of carbonyl (C=O) groups is 2. The first-order valence-corrected chi connectivity index (χ1v) is 10.8. The van der Waals surface area contributed by atoms with Crippen LogP contribution in [0.2, 0.25) is 0 Å². The summed E-state index contributed by atoms with van der Waals surface area (Å²) < 4.78 is 17.3. The van der Waals surface area contributed by atoms with E-state index in [4.69, 9.17) is 14.2 Å². The molecule has 0 bridgehead atoms. The van der Waals surface area contributed by atoms with Crippen molar-refractivity contribution in [2.75, 3.05) is 31.6 Å². The van der Waals surface area contributed by atoms with Crippen molar-refractivity contribution in [3.63, 3.8) is 0 Å². The van der Waals surface area contributed by atoms with Gasteiger partial charge in [0, 0.05) is 24.6 Å². The molecule has 0 atom stereocenters. The van der Waals surface area contributed by atoms with Gasteiger partial charge in [0.15, 0.2) is 11.5 Å². The number of fused-ring (bicyclic) bond motifs is 1. The van der Waals surface area contributed by atoms with Crippen LogP contribution in [-0.2, 0) is 14.3 Å². The van der Waals surface area contributed by atoms with Crippen molar-refractivity contribution in [1.82, 2.24) is 4.90 Å². The second-order valence-electron chi connectivity index (χ2n) is 8.19. The summed E-state index contributed by atoms with van der Waals surface area (Å²) in [7, 11) is 0. The first kappa shape index (κ1) is 20.0. The molecule has 7 nitrogen and oxygen atoms in total. The molecule has 1 amide bonds. The van der Waals surface area contributed by atoms with Gasteiger partial charge in [-0.3, -0.25) is 14.5 Å². The Morgan fingerprint density at radius 2 is 1.86 bits per heavy atom. The third-order valence-corrected chi connectivity index (χ3v) is 6.01. The van der Waals surface area contributed by atoms with Crippen LogP contribution < -0.4 is 14.8 Å². The molecule has 158 valence electrons. The molecule has 0 unspecified atom stereocenters. The highest BCUT2D eigenvalue weighted by atomic mass is 16.7. The Morgan fingerprint density at radius 3 is 2.59 bits per heavy atom. The van der Waals surface area contributed by atoms with Gasteiger partial charge in [0.1, 0.15) is 0 Å². The molecule has 1 aromatic carbocycles. The summed E-state index contributed by atoms with van der Waals surface area (Å²) in [6, 6.07) is 5.58. The summed E-state index contributed by atoms with van der Waals surface area (Å²) in [4.78, 5) is 26.4. The van der Waals surface area contributed by atoms with Crippen LogP contribution in [0.3, 0.4) is 0 Å². The Bertz CT molecular complexity index is 752. The Labute approximate surface area is 171 Å². The number of anilines is 1. The number of rotatable bonds is 5. The molecule has 1 spiro atoms. The van der Waals surface area contributed by atoms with Crippen molar-refractivity contribution in [3.05, 3.63) is 18.2 Å². The maximum absolute atomic E-state index is 12.5. The summed E-state index contributed by atoms with van der Waals surface area (Å²) in [5, 5.41) is 2.96. The standard InChI is InChI=1S/C22H30N2O5/c1-2-27-21(26)16-8-12-24(13-9-16)15-20(25)23-17-6-7-18-19(14-17)29-22(28-18)10-4-3-5-11-22/h6-7,14,16H,2-5,8-13,15H2,1H3,(H,23,25). The summed E-state index contributed by atoms with van der Waals surface area (Å²) >= 11 is 0. The molecule has 29 heavy (non-hydrogen) atoms. The summed E-state index contributed by atoms with van der Waals surface area (Å²) in [5.74, 6) is 0.728. The van der Waals surface area contributed by atoms with Gasteiger partial charge in [0.2, 0.25) is 5.91 Å². The number of hydrogen-bond donors (Lipinski definition) is 1. The van der Waals surface area contributed by atoms with E-state index in [1.807, 2.05) is 25.1 Å². The predicted octanol–water partition coefficient (Wildman–Crippen LogP) is 3.33. The molecule has 2 fully saturated rings. The summed E-state index contributed by atoms with van der Waals surface area (Å²) in [6.45, 7) is 4.00. The lowest BCUT2D eigenvalue weighted by atomic mass is 9.94. The highest BCUT2D eigenvalue weighted by molar-refractivity contribution is 5.92. The number of hydrogen-bond acceptors (Lipinski definition) is 6. The minimum absolute atomic E-state index is 0.0461. The lowest BCUT2D eigenvalue weighted by Gasteiger charge is -2.31. The molecular formula is C22H30N2O5. The van der Waals surface area contributed by atoms with Gasteiger partial charge >= 0.3 is 5.97 Å². The predicted molar refractivity (Wildman–Crippen MR) is 108 cm³/mol. The van der Waals surface area contributed by atoms with Gasteiger partial charge in [0.05, 0.1) is 19.1 Å². The molecule has 0 radical (unpaired) electrons. The van der Waals surface area contributed by atoms with Crippen LogP contribution in [0.4, 0.5) is 5.69 Å². The summed E-state index contributed by atoms with van der Waals surface area (Å²) in [6.07, 6.45) is 6.74. The van der Waals surface area contributed by atoms with Crippen LogP contribution in [0.5, 0.6) is 11.5 Å². The van der Waals surface area contributed by atoms with Crippen LogP contribution in [0.25, 0.3) is 0 Å². The second kappa shape index (κ2) is 8.61. The van der Waals surface area contributed by atoms with Crippen molar-refractivity contribution in [2.45, 2.75) is 57.7 Å². The normalized spacial score (nSPS) is 21.1. The van der Waals surface area contributed by atoms with Gasteiger partial charge in [-0.2, -0.15) is 0 Å². The van der Waals surface area contributed by atoms with Crippen LogP contribution in [0.15, 0.2) is 18.2 Å². The number of piperidine rings is 1. The lowest BCUT2D eigenvalue weighted by molar-refractivity contribution is -0.149. The third-order valence-electron chi connectivity index (χ3n) is 6.01. The van der Waals surface area contributed by atoms with Crippen LogP contribution in [-0.4, -0.2) is 48.8 Å². The fourth-order valence-electron chi connectivity index (χ4n) is 4.46. The zero-order chi connectivity index (χ0) is 20.3. The van der Waals surface area contributed by atoms with Crippen molar-refractivity contribution < 1.29 is 23.8 Å². The first-order chi connectivity index (χ1) is 14.1. The monoisotopic (exact) mass is 402 g/mol. The zero-order valence-corrected chi connectivity index (χ0v) is 17.1. The molecule has 2 heterocycles. The largest absolute Gasteiger partial charge is 0.466 e. The minimum atomic E-state index is -0.507. The quantitative estimate of drug-likeness (QED) is 0.762. The van der Waals surface area contributed by atoms with Crippen LogP contribution in [0, 0.1) is 5.92 Å². The smallest absolute Gasteiger partial charge is 0.309 e. The molecule has 4 rings (SSSR count). The Hall–Kier alpha value is -2.28. The van der Waals surface area contributed by atoms with E-state index in [1.165, 1.54) is 6.42 Å². The Kier molecular flexibility index (Phi) is 5.94. The summed E-state index contributed by atoms with van der Waals surface area (Å²) in [5.41, 5.74) is 0.714. The van der Waals surface area contributed by atoms with Gasteiger partial charge in [-0.05, 0) is 57.8 Å². The number of nitrogens with one attached hydrogen (secondary N) is 1. The van der Waals surface area contributed by atoms with E-state index >= 15 is 0 Å². The maximum Gasteiger partial charge on any atom is 0.309 e. The molecule has 1 aliphatic carbocycles. The molecule has 0 aromatic heterocycles. The third kappa shape index (κ3) is 4.66. The topological polar surface area (TPSA) is 77.1 Å². The average molecular weight is 402 g/mol. The molecule has 7 heteroatoms. The van der Waals surface area contributed by atoms with Crippen LogP contribution in [0.1, 0.15) is 51.9 Å². The van der Waals surface area contributed by atoms with Crippen LogP contribution >= 0.6 is 0 Å². The molecule has 1 aromatic rings. The number of benzene rings is 1. The van der Waals surface area contributed by atoms with Gasteiger partial charge < -0.3 is 19.5 Å². The van der Waals surface area contributed by atoms with E-state index in [0.717, 1.165) is 57.4 Å². The maximum atomic E-state index is 12.5. The number of ether oxygens (including phenoxy) is 3. The number of nitrogens with zero attached hydrogens (tertiary/aromatic N) is 1. The van der Waals surface area contributed by atoms with E-state index in [0.29, 0.717) is 24.6 Å². The lowest BCUT2D eigenvalue weighted by Crippen LogP contribution is -2.41. The van der Waals surface area contributed by atoms with Gasteiger partial charge in [0.25, 0.3) is 5.79 Å². The van der Waals surface area contributed by atoms with Gasteiger partial charge in [-0.25, -0.2) is 0 Å². The van der Waals surface area contributed by atoms with Gasteiger partial charge in [-0.15, -0.1) is 0 Å². The highest BCUT2D eigenvalue weighted by Gasteiger charge is 2.42. The molecule has 1 saturated carbocycles. The van der Waals surface area contributed by atoms with E-state index < -0.39 is 5.79 Å². The molecule has 1 N–H and O–H groups in total. The van der Waals surface area contributed by atoms with E-state index in [2.05, 4.69) is 10.2 Å². The fraction of sp³-hybridized carbons (Fsp3) is 0.636. The Balaban J connectivity index is 1.27. The van der Waals surface area contributed by atoms with E-state index in [-0.39, 0.29) is 17.8 Å². The molecule has 3 aliphatic rings. The number of amides is 1. The highest BCUT2D eigenvalue weighted by Crippen LogP contribution is 2.46. The fourth-order valence-corrected chi connectivity index (χ4v) is 4.46. The van der Waals surface area contributed by atoms with Crippen molar-refractivity contribution in [1.29, 1.82) is 0 Å². The van der Waals surface area contributed by atoms with Gasteiger partial charge in [-0.1, -0.05) is 6.42 Å². The molecule has 2 aliphatic heterocycles. The number of carbonyl (C=O) groups excluding carboxylic acids is 2. The second-order valence-corrected chi connectivity index (χ2v) is 8.19. The number of esters is 1. The van der Waals surface area contributed by atoms with E-state index in [9.17, 15) is 9.59 Å². The minimum Gasteiger partial charge on any atom is -0.466 e. The van der Waals surface area contributed by atoms with Crippen molar-refractivity contribution >= 4 is 17.6 Å². The SMILES string of the molecule is CCOC(=O)C1CCN(CC(=O)Nc2ccc3c(c2)OC2(CCCCC2)O3)CC1. The average Bonchev–Trinajstić information content (AvgIpc) is 3.05. The zero-order valence-electron chi connectivity index (χ0n) is 17.1. The molecular weight excluding hydrogens is 372 g/mol. The number of likely N-dealkylation sites (tertiary alicyclic amines) is 1. The first-order valence-electron chi connectivity index (χ1n) is 10.8. The molecule has 1 saturated heterocycles. The van der Waals surface area contributed by atoms with E-state index in [1.54, 1.807) is 0 Å². The van der Waals surface area contributed by atoms with Crippen molar-refractivity contribution in [3.8, 4) is 11.5 Å². The van der Waals surface area contributed by atoms with Crippen molar-refractivity contribution in [2.24, 2.45) is 5.92 Å². The Morgan fingerprint density at radius 1 is 1.14 bits per heavy atom.